The smallest absolute Gasteiger partial charge is 0.168 e. The van der Waals surface area contributed by atoms with Gasteiger partial charge in [-0.2, -0.15) is 11.8 Å². The fraction of sp³-hybridized carbons (Fsp3) is 0.909. The second-order valence-electron chi connectivity index (χ2n) is 4.17. The lowest BCUT2D eigenvalue weighted by Gasteiger charge is -2.17. The first-order valence-electron chi connectivity index (χ1n) is 6.29. The number of thioether (sulfide) groups is 1. The van der Waals surface area contributed by atoms with Crippen molar-refractivity contribution in [2.45, 2.75) is 46.2 Å². The zero-order valence-corrected chi connectivity index (χ0v) is 12.0. The van der Waals surface area contributed by atoms with Crippen molar-refractivity contribution in [2.75, 3.05) is 18.1 Å². The molecule has 1 heterocycles. The van der Waals surface area contributed by atoms with E-state index in [1.54, 1.807) is 0 Å². The number of nitrogens with one attached hydrogen (secondary N) is 1. The maximum absolute atomic E-state index is 4.13. The largest absolute Gasteiger partial charge is 0.307 e. The van der Waals surface area contributed by atoms with Crippen molar-refractivity contribution in [3.63, 3.8) is 0 Å². The van der Waals surface area contributed by atoms with Gasteiger partial charge in [0.25, 0.3) is 0 Å². The van der Waals surface area contributed by atoms with E-state index < -0.39 is 0 Å². The Labute approximate surface area is 108 Å². The molecule has 0 aliphatic carbocycles. The predicted molar refractivity (Wildman–Crippen MR) is 72.2 cm³/mol. The van der Waals surface area contributed by atoms with Crippen LogP contribution in [0.4, 0.5) is 0 Å². The Balaban J connectivity index is 2.63. The topological polar surface area (TPSA) is 55.6 Å². The van der Waals surface area contributed by atoms with E-state index in [1.807, 2.05) is 16.4 Å². The van der Waals surface area contributed by atoms with Gasteiger partial charge < -0.3 is 5.32 Å². The lowest BCUT2D eigenvalue weighted by atomic mass is 10.3. The molecular formula is C11H23N5S. The van der Waals surface area contributed by atoms with Crippen LogP contribution >= 0.6 is 11.8 Å². The quantitative estimate of drug-likeness (QED) is 0.772. The highest BCUT2D eigenvalue weighted by Gasteiger charge is 2.17. The van der Waals surface area contributed by atoms with E-state index in [4.69, 9.17) is 0 Å². The maximum Gasteiger partial charge on any atom is 0.168 e. The first-order chi connectivity index (χ1) is 8.20. The van der Waals surface area contributed by atoms with Crippen LogP contribution < -0.4 is 5.32 Å². The molecule has 0 fully saturated rings. The van der Waals surface area contributed by atoms with E-state index in [0.717, 1.165) is 30.3 Å². The summed E-state index contributed by atoms with van der Waals surface area (Å²) in [6.07, 6.45) is 1.12. The highest BCUT2D eigenvalue weighted by Crippen LogP contribution is 2.17. The Morgan fingerprint density at radius 3 is 2.76 bits per heavy atom. The Morgan fingerprint density at radius 1 is 1.35 bits per heavy atom. The molecule has 0 aromatic carbocycles. The number of hydrogen-bond acceptors (Lipinski definition) is 5. The molecule has 1 N–H and O–H groups in total. The molecule has 2 atom stereocenters. The van der Waals surface area contributed by atoms with Crippen LogP contribution in [-0.4, -0.2) is 38.3 Å². The zero-order valence-electron chi connectivity index (χ0n) is 11.2. The third-order valence-electron chi connectivity index (χ3n) is 2.59. The predicted octanol–water partition coefficient (Wildman–Crippen LogP) is 2.05. The first-order valence-corrected chi connectivity index (χ1v) is 7.45. The van der Waals surface area contributed by atoms with Gasteiger partial charge in [-0.05, 0) is 43.0 Å². The lowest BCUT2D eigenvalue weighted by Crippen LogP contribution is -2.25. The van der Waals surface area contributed by atoms with Gasteiger partial charge in [0.15, 0.2) is 5.82 Å². The summed E-state index contributed by atoms with van der Waals surface area (Å²) in [6, 6.07) is 0.551. The third-order valence-corrected chi connectivity index (χ3v) is 3.71. The van der Waals surface area contributed by atoms with Crippen LogP contribution in [0.5, 0.6) is 0 Å². The van der Waals surface area contributed by atoms with Crippen molar-refractivity contribution in [2.24, 2.45) is 0 Å². The Hall–Kier alpha value is -0.620. The summed E-state index contributed by atoms with van der Waals surface area (Å²) in [6.45, 7) is 9.59. The van der Waals surface area contributed by atoms with Gasteiger partial charge in [0.1, 0.15) is 0 Å². The van der Waals surface area contributed by atoms with Crippen LogP contribution in [-0.2, 0) is 0 Å². The monoisotopic (exact) mass is 257 g/mol. The molecular weight excluding hydrogens is 234 g/mol. The second-order valence-corrected chi connectivity index (χ2v) is 5.48. The molecule has 0 aliphatic heterocycles. The second kappa shape index (κ2) is 7.66. The van der Waals surface area contributed by atoms with E-state index in [-0.39, 0.29) is 6.04 Å². The molecule has 0 amide bonds. The highest BCUT2D eigenvalue weighted by atomic mass is 32.2. The standard InChI is InChI=1S/C11H23N5S/c1-5-7-12-10(4)11-13-14-15-16(11)9(3)8-17-6-2/h9-10,12H,5-8H2,1-4H3. The molecule has 0 saturated carbocycles. The van der Waals surface area contributed by atoms with E-state index >= 15 is 0 Å². The summed E-state index contributed by atoms with van der Waals surface area (Å²) < 4.78 is 1.94. The summed E-state index contributed by atoms with van der Waals surface area (Å²) in [5.74, 6) is 3.11. The molecule has 98 valence electrons. The summed E-state index contributed by atoms with van der Waals surface area (Å²) in [5, 5.41) is 15.4. The lowest BCUT2D eigenvalue weighted by molar-refractivity contribution is 0.452. The SMILES string of the molecule is CCCNC(C)c1nnnn1C(C)CSCC. The average Bonchev–Trinajstić information content (AvgIpc) is 2.82. The minimum Gasteiger partial charge on any atom is -0.307 e. The molecule has 17 heavy (non-hydrogen) atoms. The average molecular weight is 257 g/mol. The van der Waals surface area contributed by atoms with Gasteiger partial charge >= 0.3 is 0 Å². The van der Waals surface area contributed by atoms with Gasteiger partial charge in [-0.1, -0.05) is 13.8 Å². The minimum atomic E-state index is 0.207. The van der Waals surface area contributed by atoms with Crippen LogP contribution in [0.1, 0.15) is 52.0 Å². The van der Waals surface area contributed by atoms with Crippen molar-refractivity contribution < 1.29 is 0 Å². The van der Waals surface area contributed by atoms with Crippen molar-refractivity contribution in [1.82, 2.24) is 25.5 Å². The van der Waals surface area contributed by atoms with Crippen LogP contribution in [0.15, 0.2) is 0 Å². The van der Waals surface area contributed by atoms with Gasteiger partial charge in [0.2, 0.25) is 0 Å². The Morgan fingerprint density at radius 2 is 2.12 bits per heavy atom. The first kappa shape index (κ1) is 14.4. The van der Waals surface area contributed by atoms with E-state index in [0.29, 0.717) is 6.04 Å². The number of nitrogens with zero attached hydrogens (tertiary/aromatic N) is 4. The van der Waals surface area contributed by atoms with Gasteiger partial charge in [-0.3, -0.25) is 0 Å². The highest BCUT2D eigenvalue weighted by molar-refractivity contribution is 7.99. The van der Waals surface area contributed by atoms with Gasteiger partial charge in [-0.15, -0.1) is 5.10 Å². The molecule has 2 unspecified atom stereocenters. The molecule has 0 spiro atoms. The number of tetrazole rings is 1. The molecule has 0 aliphatic rings. The molecule has 0 bridgehead atoms. The van der Waals surface area contributed by atoms with Crippen LogP contribution in [0, 0.1) is 0 Å². The van der Waals surface area contributed by atoms with E-state index in [1.165, 1.54) is 0 Å². The third kappa shape index (κ3) is 4.27. The molecule has 0 radical (unpaired) electrons. The summed E-state index contributed by atoms with van der Waals surface area (Å²) >= 11 is 1.92. The molecule has 1 aromatic rings. The maximum atomic E-state index is 4.13. The van der Waals surface area contributed by atoms with Crippen molar-refractivity contribution in [3.05, 3.63) is 5.82 Å². The van der Waals surface area contributed by atoms with Gasteiger partial charge in [-0.25, -0.2) is 4.68 Å². The molecule has 1 rings (SSSR count). The van der Waals surface area contributed by atoms with Crippen LogP contribution in [0.3, 0.4) is 0 Å². The Kier molecular flexibility index (Phi) is 6.50. The van der Waals surface area contributed by atoms with Crippen molar-refractivity contribution in [1.29, 1.82) is 0 Å². The number of rotatable bonds is 8. The Bertz CT molecular complexity index is 286. The minimum absolute atomic E-state index is 0.207. The zero-order chi connectivity index (χ0) is 12.7. The molecule has 1 aromatic heterocycles. The van der Waals surface area contributed by atoms with Crippen molar-refractivity contribution in [3.8, 4) is 0 Å². The summed E-state index contributed by atoms with van der Waals surface area (Å²) in [5.41, 5.74) is 0. The molecule has 5 nitrogen and oxygen atoms in total. The molecule has 6 heteroatoms. The molecule has 0 saturated heterocycles. The van der Waals surface area contributed by atoms with Gasteiger partial charge in [0, 0.05) is 5.75 Å². The van der Waals surface area contributed by atoms with E-state index in [2.05, 4.69) is 48.5 Å². The number of aromatic nitrogens is 4. The van der Waals surface area contributed by atoms with Crippen LogP contribution in [0.2, 0.25) is 0 Å². The summed E-state index contributed by atoms with van der Waals surface area (Å²) in [7, 11) is 0. The fourth-order valence-corrected chi connectivity index (χ4v) is 2.33. The van der Waals surface area contributed by atoms with Gasteiger partial charge in [0.05, 0.1) is 12.1 Å². The van der Waals surface area contributed by atoms with Crippen LogP contribution in [0.25, 0.3) is 0 Å². The summed E-state index contributed by atoms with van der Waals surface area (Å²) in [4.78, 5) is 0. The van der Waals surface area contributed by atoms with Crippen molar-refractivity contribution >= 4 is 11.8 Å². The number of hydrogen-bond donors (Lipinski definition) is 1. The fourth-order valence-electron chi connectivity index (χ4n) is 1.61. The van der Waals surface area contributed by atoms with E-state index in [9.17, 15) is 0 Å². The normalized spacial score (nSPS) is 14.8.